The molecule has 27 heavy (non-hydrogen) atoms. The van der Waals surface area contributed by atoms with Gasteiger partial charge in [0.05, 0.1) is 17.4 Å². The Balaban J connectivity index is 1.72. The molecule has 0 saturated heterocycles. The van der Waals surface area contributed by atoms with Crippen molar-refractivity contribution < 1.29 is 14.3 Å². The van der Waals surface area contributed by atoms with Gasteiger partial charge in [0.25, 0.3) is 11.8 Å². The molecule has 0 spiro atoms. The van der Waals surface area contributed by atoms with Gasteiger partial charge in [0.15, 0.2) is 5.13 Å². The number of halogens is 1. The third-order valence-corrected chi connectivity index (χ3v) is 4.41. The summed E-state index contributed by atoms with van der Waals surface area (Å²) >= 11 is 7.36. The molecule has 3 aromatic rings. The second-order valence-electron chi connectivity index (χ2n) is 5.84. The van der Waals surface area contributed by atoms with E-state index in [1.165, 1.54) is 23.6 Å². The summed E-state index contributed by atoms with van der Waals surface area (Å²) in [4.78, 5) is 34.7. The number of hydrogen-bond acceptors (Lipinski definition) is 6. The molecule has 0 aromatic carbocycles. The Morgan fingerprint density at radius 2 is 2.15 bits per heavy atom. The second kappa shape index (κ2) is 7.77. The Hall–Kier alpha value is -2.91. The lowest BCUT2D eigenvalue weighted by atomic mass is 10.2. The lowest BCUT2D eigenvalue weighted by Gasteiger charge is -2.10. The van der Waals surface area contributed by atoms with E-state index in [0.29, 0.717) is 16.4 Å². The summed E-state index contributed by atoms with van der Waals surface area (Å²) in [7, 11) is 0. The number of amides is 2. The first kappa shape index (κ1) is 18.9. The number of aromatic nitrogens is 3. The van der Waals surface area contributed by atoms with Gasteiger partial charge in [0.2, 0.25) is 5.88 Å². The van der Waals surface area contributed by atoms with E-state index in [0.717, 1.165) is 0 Å². The first-order chi connectivity index (χ1) is 12.8. The van der Waals surface area contributed by atoms with Gasteiger partial charge < -0.3 is 15.5 Å². The smallest absolute Gasteiger partial charge is 0.265 e. The van der Waals surface area contributed by atoms with E-state index < -0.39 is 11.8 Å². The summed E-state index contributed by atoms with van der Waals surface area (Å²) in [6.07, 6.45) is 2.93. The van der Waals surface area contributed by atoms with Gasteiger partial charge in [-0.3, -0.25) is 14.9 Å². The normalized spacial score (nSPS) is 10.8. The van der Waals surface area contributed by atoms with Crippen molar-refractivity contribution in [2.24, 2.45) is 5.73 Å². The minimum atomic E-state index is -0.556. The highest BCUT2D eigenvalue weighted by Crippen LogP contribution is 2.27. The average Bonchev–Trinajstić information content (AvgIpc) is 3.25. The molecule has 0 atom stereocenters. The summed E-state index contributed by atoms with van der Waals surface area (Å²) in [5.41, 5.74) is 7.09. The molecular formula is C17H16ClN5O3S. The number of pyridine rings is 1. The SMILES string of the molecule is CC(C)Oc1ncc(C(=O)Nc2nc(-c3c[nH]c(C(N)=O)c3)cs2)cc1Cl. The fourth-order valence-electron chi connectivity index (χ4n) is 2.18. The van der Waals surface area contributed by atoms with Gasteiger partial charge in [0.1, 0.15) is 10.7 Å². The number of thiazole rings is 1. The molecule has 0 saturated carbocycles. The maximum atomic E-state index is 12.4. The van der Waals surface area contributed by atoms with E-state index in [1.54, 1.807) is 17.6 Å². The van der Waals surface area contributed by atoms with Crippen LogP contribution in [0.5, 0.6) is 5.88 Å². The van der Waals surface area contributed by atoms with Crippen LogP contribution in [-0.4, -0.2) is 32.9 Å². The second-order valence-corrected chi connectivity index (χ2v) is 7.10. The number of H-pyrrole nitrogens is 1. The lowest BCUT2D eigenvalue weighted by molar-refractivity contribution is 0.0993. The summed E-state index contributed by atoms with van der Waals surface area (Å²) in [5.74, 6) is -0.676. The predicted molar refractivity (Wildman–Crippen MR) is 103 cm³/mol. The molecule has 0 radical (unpaired) electrons. The van der Waals surface area contributed by atoms with E-state index in [2.05, 4.69) is 20.3 Å². The number of nitrogens with zero attached hydrogens (tertiary/aromatic N) is 2. The van der Waals surface area contributed by atoms with E-state index >= 15 is 0 Å². The molecule has 0 aliphatic carbocycles. The quantitative estimate of drug-likeness (QED) is 0.580. The maximum absolute atomic E-state index is 12.4. The number of nitrogens with one attached hydrogen (secondary N) is 2. The number of anilines is 1. The van der Waals surface area contributed by atoms with Gasteiger partial charge in [-0.1, -0.05) is 11.6 Å². The van der Waals surface area contributed by atoms with Crippen molar-refractivity contribution >= 4 is 39.9 Å². The van der Waals surface area contributed by atoms with Crippen LogP contribution in [0.3, 0.4) is 0 Å². The lowest BCUT2D eigenvalue weighted by Crippen LogP contribution is -2.13. The van der Waals surface area contributed by atoms with Crippen LogP contribution >= 0.6 is 22.9 Å². The highest BCUT2D eigenvalue weighted by Gasteiger charge is 2.15. The van der Waals surface area contributed by atoms with Crippen LogP contribution in [0.1, 0.15) is 34.7 Å². The first-order valence-corrected chi connectivity index (χ1v) is 9.17. The van der Waals surface area contributed by atoms with E-state index in [4.69, 9.17) is 22.1 Å². The standard InChI is InChI=1S/C17H16ClN5O3S/c1-8(2)26-16-11(18)3-10(6-21-16)15(25)23-17-22-13(7-27-17)9-4-12(14(19)24)20-5-9/h3-8,20H,1-2H3,(H2,19,24)(H,22,23,25). The van der Waals surface area contributed by atoms with Crippen molar-refractivity contribution in [3.63, 3.8) is 0 Å². The number of aromatic amines is 1. The molecular weight excluding hydrogens is 390 g/mol. The zero-order valence-electron chi connectivity index (χ0n) is 14.4. The average molecular weight is 406 g/mol. The summed E-state index contributed by atoms with van der Waals surface area (Å²) in [6, 6.07) is 3.08. The zero-order valence-corrected chi connectivity index (χ0v) is 16.0. The maximum Gasteiger partial charge on any atom is 0.265 e. The Morgan fingerprint density at radius 3 is 2.78 bits per heavy atom. The number of ether oxygens (including phenoxy) is 1. The van der Waals surface area contributed by atoms with Gasteiger partial charge in [-0.2, -0.15) is 0 Å². The van der Waals surface area contributed by atoms with Crippen molar-refractivity contribution in [1.82, 2.24) is 15.0 Å². The van der Waals surface area contributed by atoms with E-state index in [1.807, 2.05) is 13.8 Å². The molecule has 8 nitrogen and oxygen atoms in total. The minimum Gasteiger partial charge on any atom is -0.474 e. The highest BCUT2D eigenvalue weighted by molar-refractivity contribution is 7.14. The first-order valence-electron chi connectivity index (χ1n) is 7.91. The number of nitrogens with two attached hydrogens (primary N) is 1. The zero-order chi connectivity index (χ0) is 19.6. The molecule has 3 aromatic heterocycles. The molecule has 140 valence electrons. The van der Waals surface area contributed by atoms with Crippen LogP contribution in [-0.2, 0) is 0 Å². The Kier molecular flexibility index (Phi) is 5.43. The van der Waals surface area contributed by atoms with Crippen LogP contribution in [0.2, 0.25) is 5.02 Å². The Morgan fingerprint density at radius 1 is 1.37 bits per heavy atom. The summed E-state index contributed by atoms with van der Waals surface area (Å²) in [5, 5.41) is 5.10. The van der Waals surface area contributed by atoms with Gasteiger partial charge >= 0.3 is 0 Å². The third kappa shape index (κ3) is 4.44. The fraction of sp³-hybridized carbons (Fsp3) is 0.176. The highest BCUT2D eigenvalue weighted by atomic mass is 35.5. The summed E-state index contributed by atoms with van der Waals surface area (Å²) in [6.45, 7) is 3.71. The largest absolute Gasteiger partial charge is 0.474 e. The molecule has 10 heteroatoms. The van der Waals surface area contributed by atoms with Crippen LogP contribution in [0.15, 0.2) is 29.9 Å². The molecule has 3 rings (SSSR count). The molecule has 0 unspecified atom stereocenters. The molecule has 0 aliphatic rings. The van der Waals surface area contributed by atoms with Gasteiger partial charge in [-0.15, -0.1) is 11.3 Å². The van der Waals surface area contributed by atoms with Crippen LogP contribution in [0.4, 0.5) is 5.13 Å². The van der Waals surface area contributed by atoms with E-state index in [-0.39, 0.29) is 28.3 Å². The number of primary amides is 1. The van der Waals surface area contributed by atoms with Crippen molar-refractivity contribution in [1.29, 1.82) is 0 Å². The minimum absolute atomic E-state index is 0.0769. The van der Waals surface area contributed by atoms with Crippen LogP contribution < -0.4 is 15.8 Å². The van der Waals surface area contributed by atoms with Gasteiger partial charge in [0, 0.05) is 23.3 Å². The fourth-order valence-corrected chi connectivity index (χ4v) is 3.10. The Labute approximate surface area is 163 Å². The van der Waals surface area contributed by atoms with Crippen molar-refractivity contribution in [2.45, 2.75) is 20.0 Å². The van der Waals surface area contributed by atoms with Gasteiger partial charge in [-0.25, -0.2) is 9.97 Å². The number of carbonyl (C=O) groups excluding carboxylic acids is 2. The van der Waals surface area contributed by atoms with Crippen molar-refractivity contribution in [3.05, 3.63) is 46.2 Å². The third-order valence-electron chi connectivity index (χ3n) is 3.39. The summed E-state index contributed by atoms with van der Waals surface area (Å²) < 4.78 is 5.45. The number of rotatable bonds is 6. The topological polar surface area (TPSA) is 123 Å². The molecule has 0 aliphatic heterocycles. The van der Waals surface area contributed by atoms with Crippen LogP contribution in [0.25, 0.3) is 11.3 Å². The molecule has 3 heterocycles. The predicted octanol–water partition coefficient (Wildman–Crippen LogP) is 3.33. The van der Waals surface area contributed by atoms with Crippen molar-refractivity contribution in [3.8, 4) is 17.1 Å². The molecule has 0 bridgehead atoms. The molecule has 4 N–H and O–H groups in total. The monoisotopic (exact) mass is 405 g/mol. The van der Waals surface area contributed by atoms with E-state index in [9.17, 15) is 9.59 Å². The Bertz CT molecular complexity index is 998. The molecule has 0 fully saturated rings. The number of hydrogen-bond donors (Lipinski definition) is 3. The number of carbonyl (C=O) groups is 2. The molecule has 2 amide bonds. The van der Waals surface area contributed by atoms with Crippen LogP contribution in [0, 0.1) is 0 Å². The van der Waals surface area contributed by atoms with Crippen molar-refractivity contribution in [2.75, 3.05) is 5.32 Å². The van der Waals surface area contributed by atoms with Gasteiger partial charge in [-0.05, 0) is 26.0 Å².